The second-order valence-corrected chi connectivity index (χ2v) is 19.7. The summed E-state index contributed by atoms with van der Waals surface area (Å²) < 4.78 is 54.9. The van der Waals surface area contributed by atoms with Crippen LogP contribution in [-0.4, -0.2) is 32.7 Å². The van der Waals surface area contributed by atoms with E-state index in [0.29, 0.717) is 5.52 Å². The van der Waals surface area contributed by atoms with Crippen LogP contribution < -0.4 is 0 Å². The fourth-order valence-electron chi connectivity index (χ4n) is 2.45. The van der Waals surface area contributed by atoms with Crippen molar-refractivity contribution in [1.82, 2.24) is 4.98 Å². The molecule has 0 aliphatic rings. The van der Waals surface area contributed by atoms with Gasteiger partial charge in [-0.3, -0.25) is 4.57 Å². The molecule has 27 heavy (non-hydrogen) atoms. The maximum absolute atomic E-state index is 15.4. The van der Waals surface area contributed by atoms with E-state index in [1.54, 1.807) is 39.3 Å². The van der Waals surface area contributed by atoms with Gasteiger partial charge in [0.05, 0.1) is 0 Å². The number of benzene rings is 1. The van der Waals surface area contributed by atoms with Crippen LogP contribution in [0.1, 0.15) is 16.1 Å². The van der Waals surface area contributed by atoms with Crippen molar-refractivity contribution in [3.8, 4) is 0 Å². The molecule has 1 heterocycles. The van der Waals surface area contributed by atoms with Crippen LogP contribution in [0.2, 0.25) is 39.3 Å². The molecule has 2 aromatic rings. The number of aromatic nitrogens is 1. The number of aromatic amines is 1. The van der Waals surface area contributed by atoms with Crippen molar-refractivity contribution >= 4 is 41.1 Å². The minimum absolute atomic E-state index is 0.120. The van der Waals surface area contributed by atoms with Gasteiger partial charge in [-0.25, -0.2) is 4.79 Å². The Morgan fingerprint density at radius 3 is 2.04 bits per heavy atom. The monoisotopic (exact) mass is 435 g/mol. The van der Waals surface area contributed by atoms with E-state index in [9.17, 15) is 9.36 Å². The fourth-order valence-corrected chi connectivity index (χ4v) is 10.1. The summed E-state index contributed by atoms with van der Waals surface area (Å²) in [5, 5.41) is 9.32. The molecule has 0 saturated carbocycles. The molecule has 0 saturated heterocycles. The lowest BCUT2D eigenvalue weighted by Gasteiger charge is -2.35. The smallest absolute Gasteiger partial charge is 0.385 e. The van der Waals surface area contributed by atoms with E-state index in [0.717, 1.165) is 12.1 Å². The highest BCUT2D eigenvalue weighted by Crippen LogP contribution is 2.69. The predicted octanol–water partition coefficient (Wildman–Crippen LogP) is 5.81. The Morgan fingerprint density at radius 1 is 1.07 bits per heavy atom. The molecule has 0 aliphatic heterocycles. The van der Waals surface area contributed by atoms with Gasteiger partial charge in [-0.2, -0.15) is 8.78 Å². The lowest BCUT2D eigenvalue weighted by molar-refractivity contribution is 0.0598. The third-order valence-corrected chi connectivity index (χ3v) is 10.6. The number of halogens is 2. The predicted molar refractivity (Wildman–Crippen MR) is 106 cm³/mol. The molecule has 1 aromatic heterocycles. The van der Waals surface area contributed by atoms with E-state index in [2.05, 4.69) is 4.98 Å². The normalized spacial score (nSPS) is 13.9. The highest BCUT2D eigenvalue weighted by molar-refractivity contribution is 7.57. The molecule has 11 heteroatoms. The average Bonchev–Trinajstić information content (AvgIpc) is 2.85. The Hall–Kier alpha value is -1.33. The molecule has 0 aliphatic carbocycles. The molecule has 0 fully saturated rings. The van der Waals surface area contributed by atoms with Crippen LogP contribution in [0, 0.1) is 0 Å². The first-order valence-electron chi connectivity index (χ1n) is 8.30. The number of hydrogen-bond acceptors (Lipinski definition) is 4. The van der Waals surface area contributed by atoms with Crippen LogP contribution >= 0.6 is 7.60 Å². The highest BCUT2D eigenvalue weighted by atomic mass is 31.2. The van der Waals surface area contributed by atoms with Crippen molar-refractivity contribution < 1.29 is 31.7 Å². The van der Waals surface area contributed by atoms with Gasteiger partial charge >= 0.3 is 19.2 Å². The number of H-pyrrole nitrogens is 1. The largest absolute Gasteiger partial charge is 0.477 e. The number of carboxylic acid groups (broad SMARTS) is 1. The Balaban J connectivity index is 2.58. The zero-order chi connectivity index (χ0) is 20.8. The van der Waals surface area contributed by atoms with Crippen LogP contribution in [0.25, 0.3) is 10.9 Å². The van der Waals surface area contributed by atoms with E-state index in [4.69, 9.17) is 13.5 Å². The van der Waals surface area contributed by atoms with E-state index in [-0.39, 0.29) is 11.1 Å². The number of fused-ring (bicyclic) bond motifs is 1. The Bertz CT molecular complexity index is 898. The van der Waals surface area contributed by atoms with Crippen LogP contribution in [0.3, 0.4) is 0 Å². The Kier molecular flexibility index (Phi) is 5.64. The second kappa shape index (κ2) is 6.93. The zero-order valence-electron chi connectivity index (χ0n) is 16.1. The molecule has 0 bridgehead atoms. The first kappa shape index (κ1) is 22.0. The van der Waals surface area contributed by atoms with Crippen LogP contribution in [0.15, 0.2) is 24.3 Å². The molecular weight excluding hydrogens is 411 g/mol. The number of aromatic carboxylic acids is 1. The van der Waals surface area contributed by atoms with Gasteiger partial charge in [0.2, 0.25) is 0 Å². The Morgan fingerprint density at radius 2 is 1.59 bits per heavy atom. The molecule has 0 radical (unpaired) electrons. The average molecular weight is 436 g/mol. The molecule has 2 N–H and O–H groups in total. The van der Waals surface area contributed by atoms with E-state index in [1.807, 2.05) is 0 Å². The number of carboxylic acids is 1. The highest BCUT2D eigenvalue weighted by Gasteiger charge is 2.58. The number of rotatable bonds is 7. The maximum atomic E-state index is 15.4. The van der Waals surface area contributed by atoms with Crippen molar-refractivity contribution in [2.24, 2.45) is 0 Å². The summed E-state index contributed by atoms with van der Waals surface area (Å²) in [7, 11) is -10.1. The lowest BCUT2D eigenvalue weighted by Crippen LogP contribution is -2.34. The summed E-state index contributed by atoms with van der Waals surface area (Å²) in [6.07, 6.45) is 0. The molecule has 0 amide bonds. The van der Waals surface area contributed by atoms with Crippen molar-refractivity contribution in [2.75, 3.05) is 0 Å². The van der Waals surface area contributed by atoms with Crippen molar-refractivity contribution in [2.45, 2.75) is 44.9 Å². The quantitative estimate of drug-likeness (QED) is 0.423. The van der Waals surface area contributed by atoms with Crippen LogP contribution in [0.5, 0.6) is 0 Å². The molecular formula is C16H24F2NO5PSi2. The van der Waals surface area contributed by atoms with Crippen molar-refractivity contribution in [3.05, 3.63) is 35.5 Å². The van der Waals surface area contributed by atoms with Gasteiger partial charge in [-0.15, -0.1) is 0 Å². The molecule has 2 rings (SSSR count). The first-order chi connectivity index (χ1) is 12.0. The molecule has 0 spiro atoms. The number of hydrogen-bond donors (Lipinski definition) is 2. The topological polar surface area (TPSA) is 88.6 Å². The van der Waals surface area contributed by atoms with Crippen LogP contribution in [0.4, 0.5) is 8.78 Å². The van der Waals surface area contributed by atoms with Crippen molar-refractivity contribution in [3.63, 3.8) is 0 Å². The minimum Gasteiger partial charge on any atom is -0.477 e. The fraction of sp³-hybridized carbons (Fsp3) is 0.438. The number of alkyl halides is 2. The standard InChI is InChI=1S/C16H24F2NO5PSi2/c1-26(2,3)23-25(22,24-27(4,5)6)16(17,18)12-7-8-13-11(9-12)10-14(19-13)15(20)21/h7-10,19H,1-6H3,(H,20,21). The van der Waals surface area contributed by atoms with E-state index >= 15 is 8.78 Å². The van der Waals surface area contributed by atoms with Gasteiger partial charge in [0, 0.05) is 16.5 Å². The van der Waals surface area contributed by atoms with Gasteiger partial charge in [0.15, 0.2) is 16.6 Å². The third kappa shape index (κ3) is 4.94. The van der Waals surface area contributed by atoms with Crippen LogP contribution in [-0.2, 0) is 18.7 Å². The van der Waals surface area contributed by atoms with Crippen molar-refractivity contribution in [1.29, 1.82) is 0 Å². The second-order valence-electron chi connectivity index (χ2n) is 8.24. The lowest BCUT2D eigenvalue weighted by atomic mass is 10.1. The zero-order valence-corrected chi connectivity index (χ0v) is 19.0. The summed E-state index contributed by atoms with van der Waals surface area (Å²) in [4.78, 5) is 13.7. The van der Waals surface area contributed by atoms with Gasteiger partial charge in [-0.05, 0) is 57.5 Å². The van der Waals surface area contributed by atoms with E-state index in [1.165, 1.54) is 12.1 Å². The summed E-state index contributed by atoms with van der Waals surface area (Å²) in [6.45, 7) is 9.99. The van der Waals surface area contributed by atoms with Gasteiger partial charge < -0.3 is 18.5 Å². The van der Waals surface area contributed by atoms with E-state index < -0.39 is 41.4 Å². The summed E-state index contributed by atoms with van der Waals surface area (Å²) in [5.74, 6) is -1.20. The third-order valence-electron chi connectivity index (χ3n) is 3.33. The SMILES string of the molecule is C[Si](C)(C)OP(=O)(O[Si](C)(C)C)C(F)(F)c1ccc2[nH]c(C(=O)O)cc2c1. The number of nitrogens with one attached hydrogen (secondary N) is 1. The maximum Gasteiger partial charge on any atom is 0.385 e. The van der Waals surface area contributed by atoms with Gasteiger partial charge in [0.25, 0.3) is 0 Å². The summed E-state index contributed by atoms with van der Waals surface area (Å²) in [5.41, 5.74) is -4.14. The molecule has 6 nitrogen and oxygen atoms in total. The molecule has 150 valence electrons. The van der Waals surface area contributed by atoms with Gasteiger partial charge in [0.1, 0.15) is 5.69 Å². The summed E-state index contributed by atoms with van der Waals surface area (Å²) >= 11 is 0. The number of carbonyl (C=O) groups is 1. The summed E-state index contributed by atoms with van der Waals surface area (Å²) in [6, 6.07) is 4.81. The minimum atomic E-state index is -4.81. The molecule has 1 aromatic carbocycles. The molecule has 0 atom stereocenters. The Labute approximate surface area is 158 Å². The first-order valence-corrected chi connectivity index (χ1v) is 16.7. The molecule has 0 unspecified atom stereocenters. The van der Waals surface area contributed by atoms with Gasteiger partial charge in [-0.1, -0.05) is 6.07 Å².